The van der Waals surface area contributed by atoms with E-state index >= 15 is 0 Å². The van der Waals surface area contributed by atoms with Gasteiger partial charge in [0.2, 0.25) is 0 Å². The first kappa shape index (κ1) is 19.1. The highest BCUT2D eigenvalue weighted by molar-refractivity contribution is 6.35. The maximum Gasteiger partial charge on any atom is 0.122 e. The van der Waals surface area contributed by atoms with Crippen LogP contribution in [0.15, 0.2) is 42.5 Å². The Kier molecular flexibility index (Phi) is 8.40. The van der Waals surface area contributed by atoms with Gasteiger partial charge >= 0.3 is 0 Å². The summed E-state index contributed by atoms with van der Waals surface area (Å²) < 4.78 is 5.36. The van der Waals surface area contributed by atoms with E-state index in [9.17, 15) is 0 Å². The van der Waals surface area contributed by atoms with E-state index in [-0.39, 0.29) is 0 Å². The summed E-state index contributed by atoms with van der Waals surface area (Å²) in [4.78, 5) is 0. The van der Waals surface area contributed by atoms with E-state index < -0.39 is 0 Å². The minimum Gasteiger partial charge on any atom is -0.496 e. The van der Waals surface area contributed by atoms with Crippen LogP contribution in [0.2, 0.25) is 10.0 Å². The van der Waals surface area contributed by atoms with Crippen molar-refractivity contribution in [3.05, 3.63) is 63.6 Å². The Bertz CT molecular complexity index is 635. The van der Waals surface area contributed by atoms with Crippen molar-refractivity contribution in [2.75, 3.05) is 33.3 Å². The molecule has 3 nitrogen and oxygen atoms in total. The largest absolute Gasteiger partial charge is 0.496 e. The van der Waals surface area contributed by atoms with E-state index in [1.165, 1.54) is 5.56 Å². The van der Waals surface area contributed by atoms with Crippen LogP contribution in [0.4, 0.5) is 0 Å². The van der Waals surface area contributed by atoms with Crippen molar-refractivity contribution in [3.63, 3.8) is 0 Å². The van der Waals surface area contributed by atoms with Crippen molar-refractivity contribution < 1.29 is 4.74 Å². The first-order valence-electron chi connectivity index (χ1n) is 8.18. The van der Waals surface area contributed by atoms with Crippen molar-refractivity contribution in [2.24, 2.45) is 0 Å². The van der Waals surface area contributed by atoms with Crippen molar-refractivity contribution in [1.82, 2.24) is 10.6 Å². The van der Waals surface area contributed by atoms with Gasteiger partial charge in [-0.25, -0.2) is 0 Å². The molecular weight excluding hydrogens is 343 g/mol. The summed E-state index contributed by atoms with van der Waals surface area (Å²) in [6.45, 7) is 3.70. The maximum atomic E-state index is 6.16. The van der Waals surface area contributed by atoms with Gasteiger partial charge in [-0.2, -0.15) is 0 Å². The highest BCUT2D eigenvalue weighted by Crippen LogP contribution is 2.21. The van der Waals surface area contributed by atoms with Crippen molar-refractivity contribution in [2.45, 2.75) is 12.8 Å². The Morgan fingerprint density at radius 1 is 0.833 bits per heavy atom. The molecule has 0 aliphatic rings. The van der Waals surface area contributed by atoms with E-state index in [1.807, 2.05) is 30.3 Å². The third kappa shape index (κ3) is 6.33. The smallest absolute Gasteiger partial charge is 0.122 e. The molecule has 2 rings (SSSR count). The standard InChI is InChI=1S/C19H24Cl2N2O/c1-24-19-5-3-2-4-16(19)9-11-23-13-12-22-10-8-15-6-7-17(20)14-18(15)21/h2-7,14,22-23H,8-13H2,1H3. The highest BCUT2D eigenvalue weighted by atomic mass is 35.5. The molecule has 0 aliphatic carbocycles. The normalized spacial score (nSPS) is 10.8. The lowest BCUT2D eigenvalue weighted by Gasteiger charge is -2.10. The zero-order chi connectivity index (χ0) is 17.2. The Morgan fingerprint density at radius 2 is 1.50 bits per heavy atom. The second-order valence-corrected chi connectivity index (χ2v) is 6.39. The van der Waals surface area contributed by atoms with Crippen molar-refractivity contribution in [3.8, 4) is 5.75 Å². The average molecular weight is 367 g/mol. The van der Waals surface area contributed by atoms with Gasteiger partial charge in [-0.3, -0.25) is 0 Å². The molecule has 0 radical (unpaired) electrons. The summed E-state index contributed by atoms with van der Waals surface area (Å²) >= 11 is 12.1. The number of methoxy groups -OCH3 is 1. The van der Waals surface area contributed by atoms with Gasteiger partial charge in [0, 0.05) is 23.1 Å². The molecule has 0 saturated heterocycles. The fourth-order valence-corrected chi connectivity index (χ4v) is 3.01. The first-order valence-corrected chi connectivity index (χ1v) is 8.93. The van der Waals surface area contributed by atoms with Gasteiger partial charge in [0.15, 0.2) is 0 Å². The lowest BCUT2D eigenvalue weighted by molar-refractivity contribution is 0.409. The van der Waals surface area contributed by atoms with Crippen LogP contribution in [0, 0.1) is 0 Å². The van der Waals surface area contributed by atoms with Crippen molar-refractivity contribution in [1.29, 1.82) is 0 Å². The maximum absolute atomic E-state index is 6.16. The van der Waals surface area contributed by atoms with E-state index in [0.717, 1.165) is 55.4 Å². The number of halogens is 2. The molecule has 0 atom stereocenters. The quantitative estimate of drug-likeness (QED) is 0.624. The van der Waals surface area contributed by atoms with Gasteiger partial charge in [-0.05, 0) is 55.3 Å². The Morgan fingerprint density at radius 3 is 2.17 bits per heavy atom. The van der Waals surface area contributed by atoms with Crippen LogP contribution >= 0.6 is 23.2 Å². The molecular formula is C19H24Cl2N2O. The van der Waals surface area contributed by atoms with Crippen LogP contribution in [0.3, 0.4) is 0 Å². The van der Waals surface area contributed by atoms with Gasteiger partial charge < -0.3 is 15.4 Å². The Labute approximate surface area is 154 Å². The zero-order valence-electron chi connectivity index (χ0n) is 13.9. The number of hydrogen-bond donors (Lipinski definition) is 2. The zero-order valence-corrected chi connectivity index (χ0v) is 15.5. The predicted molar refractivity (Wildman–Crippen MR) is 103 cm³/mol. The Balaban J connectivity index is 1.55. The fourth-order valence-electron chi connectivity index (χ4n) is 2.51. The van der Waals surface area contributed by atoms with Crippen molar-refractivity contribution >= 4 is 23.2 Å². The van der Waals surface area contributed by atoms with Gasteiger partial charge in [0.05, 0.1) is 7.11 Å². The topological polar surface area (TPSA) is 33.3 Å². The molecule has 2 aromatic carbocycles. The average Bonchev–Trinajstić information content (AvgIpc) is 2.59. The first-order chi connectivity index (χ1) is 11.7. The molecule has 2 aromatic rings. The molecule has 5 heteroatoms. The molecule has 0 amide bonds. The molecule has 0 saturated carbocycles. The number of hydrogen-bond acceptors (Lipinski definition) is 3. The van der Waals surface area contributed by atoms with Crippen LogP contribution < -0.4 is 15.4 Å². The number of benzene rings is 2. The summed E-state index contributed by atoms with van der Waals surface area (Å²) in [6.07, 6.45) is 1.86. The molecule has 0 bridgehead atoms. The van der Waals surface area contributed by atoms with Crippen LogP contribution in [0.5, 0.6) is 5.75 Å². The van der Waals surface area contributed by atoms with Crippen LogP contribution in [-0.4, -0.2) is 33.3 Å². The molecule has 0 heterocycles. The number of nitrogens with one attached hydrogen (secondary N) is 2. The van der Waals surface area contributed by atoms with Gasteiger partial charge in [-0.1, -0.05) is 47.5 Å². The number of para-hydroxylation sites is 1. The van der Waals surface area contributed by atoms with E-state index in [2.05, 4.69) is 16.7 Å². The number of rotatable bonds is 10. The van der Waals surface area contributed by atoms with Crippen LogP contribution in [-0.2, 0) is 12.8 Å². The molecule has 130 valence electrons. The molecule has 0 unspecified atom stereocenters. The van der Waals surface area contributed by atoms with Gasteiger partial charge in [0.1, 0.15) is 5.75 Å². The SMILES string of the molecule is COc1ccccc1CCNCCNCCc1ccc(Cl)cc1Cl. The predicted octanol–water partition coefficient (Wildman–Crippen LogP) is 3.97. The third-order valence-electron chi connectivity index (χ3n) is 3.83. The van der Waals surface area contributed by atoms with E-state index in [0.29, 0.717) is 5.02 Å². The van der Waals surface area contributed by atoms with Gasteiger partial charge in [0.25, 0.3) is 0 Å². The second-order valence-electron chi connectivity index (χ2n) is 5.55. The van der Waals surface area contributed by atoms with Gasteiger partial charge in [-0.15, -0.1) is 0 Å². The van der Waals surface area contributed by atoms with Crippen LogP contribution in [0.25, 0.3) is 0 Å². The molecule has 0 spiro atoms. The number of ether oxygens (including phenoxy) is 1. The fraction of sp³-hybridized carbons (Fsp3) is 0.368. The summed E-state index contributed by atoms with van der Waals surface area (Å²) in [7, 11) is 1.71. The highest BCUT2D eigenvalue weighted by Gasteiger charge is 2.02. The molecule has 24 heavy (non-hydrogen) atoms. The summed E-state index contributed by atoms with van der Waals surface area (Å²) in [5, 5.41) is 8.27. The third-order valence-corrected chi connectivity index (χ3v) is 4.42. The lowest BCUT2D eigenvalue weighted by Crippen LogP contribution is -2.29. The summed E-state index contributed by atoms with van der Waals surface area (Å²) in [5.41, 5.74) is 2.36. The van der Waals surface area contributed by atoms with E-state index in [4.69, 9.17) is 27.9 Å². The molecule has 0 fully saturated rings. The molecule has 2 N–H and O–H groups in total. The second kappa shape index (κ2) is 10.6. The molecule has 0 aliphatic heterocycles. The summed E-state index contributed by atoms with van der Waals surface area (Å²) in [5.74, 6) is 0.956. The minimum absolute atomic E-state index is 0.677. The summed E-state index contributed by atoms with van der Waals surface area (Å²) in [6, 6.07) is 13.8. The van der Waals surface area contributed by atoms with Crippen LogP contribution in [0.1, 0.15) is 11.1 Å². The monoisotopic (exact) mass is 366 g/mol. The van der Waals surface area contributed by atoms with E-state index in [1.54, 1.807) is 13.2 Å². The minimum atomic E-state index is 0.677. The Hall–Kier alpha value is -1.26. The lowest BCUT2D eigenvalue weighted by atomic mass is 10.1. The molecule has 0 aromatic heterocycles.